The van der Waals surface area contributed by atoms with Crippen molar-refractivity contribution >= 4 is 0 Å². The van der Waals surface area contributed by atoms with Crippen LogP contribution in [0.4, 0.5) is 0 Å². The topological polar surface area (TPSA) is 30.5 Å². The van der Waals surface area contributed by atoms with Crippen LogP contribution in [-0.2, 0) is 10.2 Å². The first kappa shape index (κ1) is 17.0. The van der Waals surface area contributed by atoms with Crippen LogP contribution in [0.25, 0.3) is 0 Å². The lowest BCUT2D eigenvalue weighted by molar-refractivity contribution is 0.0805. The molecule has 0 aromatic heterocycles. The number of aryl methyl sites for hydroxylation is 1. The fraction of sp³-hybridized carbons (Fsp3) is 0.647. The van der Waals surface area contributed by atoms with E-state index in [1.807, 2.05) is 0 Å². The molecule has 0 aliphatic rings. The van der Waals surface area contributed by atoms with Crippen LogP contribution in [0.1, 0.15) is 38.8 Å². The second-order valence-corrected chi connectivity index (χ2v) is 6.23. The van der Waals surface area contributed by atoms with Crippen molar-refractivity contribution in [2.75, 3.05) is 26.8 Å². The van der Waals surface area contributed by atoms with E-state index in [0.717, 1.165) is 18.8 Å². The first-order valence-electron chi connectivity index (χ1n) is 7.36. The zero-order valence-corrected chi connectivity index (χ0v) is 13.7. The van der Waals surface area contributed by atoms with Gasteiger partial charge in [-0.25, -0.2) is 0 Å². The molecule has 0 aliphatic heterocycles. The van der Waals surface area contributed by atoms with Crippen LogP contribution in [0.2, 0.25) is 0 Å². The second-order valence-electron chi connectivity index (χ2n) is 6.23. The van der Waals surface area contributed by atoms with E-state index < -0.39 is 0 Å². The van der Waals surface area contributed by atoms with Crippen LogP contribution in [0.3, 0.4) is 0 Å². The molecule has 1 rings (SSSR count). The van der Waals surface area contributed by atoms with Crippen molar-refractivity contribution in [3.05, 3.63) is 29.3 Å². The van der Waals surface area contributed by atoms with E-state index in [4.69, 9.17) is 9.47 Å². The Balaban J connectivity index is 2.80. The molecule has 1 unspecified atom stereocenters. The number of rotatable bonds is 7. The van der Waals surface area contributed by atoms with Crippen molar-refractivity contribution < 1.29 is 9.47 Å². The second kappa shape index (κ2) is 7.65. The minimum absolute atomic E-state index is 0.0409. The van der Waals surface area contributed by atoms with Crippen LogP contribution in [0, 0.1) is 6.92 Å². The Morgan fingerprint density at radius 1 is 1.25 bits per heavy atom. The Bertz CT molecular complexity index is 410. The Labute approximate surface area is 123 Å². The lowest BCUT2D eigenvalue weighted by atomic mass is 9.86. The van der Waals surface area contributed by atoms with Crippen molar-refractivity contribution in [2.24, 2.45) is 0 Å². The summed E-state index contributed by atoms with van der Waals surface area (Å²) in [5, 5.41) is 3.30. The molecular formula is C17H29NO2. The van der Waals surface area contributed by atoms with E-state index in [2.05, 4.69) is 58.1 Å². The fourth-order valence-electron chi connectivity index (χ4n) is 2.05. The molecule has 1 aromatic rings. The summed E-state index contributed by atoms with van der Waals surface area (Å²) in [4.78, 5) is 0. The van der Waals surface area contributed by atoms with Gasteiger partial charge in [-0.05, 0) is 36.1 Å². The highest BCUT2D eigenvalue weighted by molar-refractivity contribution is 5.38. The maximum absolute atomic E-state index is 6.07. The van der Waals surface area contributed by atoms with Gasteiger partial charge in [-0.1, -0.05) is 39.8 Å². The minimum Gasteiger partial charge on any atom is -0.486 e. The van der Waals surface area contributed by atoms with Gasteiger partial charge in [-0.15, -0.1) is 0 Å². The number of methoxy groups -OCH3 is 1. The smallest absolute Gasteiger partial charge is 0.134 e. The summed E-state index contributed by atoms with van der Waals surface area (Å²) in [6.07, 6.45) is 0.0409. The molecule has 3 nitrogen and oxygen atoms in total. The Hall–Kier alpha value is -1.06. The first-order chi connectivity index (χ1) is 9.38. The highest BCUT2D eigenvalue weighted by Crippen LogP contribution is 2.28. The number of hydrogen-bond donors (Lipinski definition) is 1. The highest BCUT2D eigenvalue weighted by Gasteiger charge is 2.16. The third-order valence-corrected chi connectivity index (χ3v) is 3.31. The van der Waals surface area contributed by atoms with Gasteiger partial charge >= 0.3 is 0 Å². The zero-order chi connectivity index (χ0) is 15.2. The molecular weight excluding hydrogens is 250 g/mol. The normalized spacial score (nSPS) is 13.3. The SMILES string of the molecule is CCNCC(COC)Oc1ccc(C(C)(C)C)cc1C. The van der Waals surface area contributed by atoms with E-state index in [9.17, 15) is 0 Å². The maximum atomic E-state index is 6.07. The van der Waals surface area contributed by atoms with E-state index >= 15 is 0 Å². The molecule has 1 atom stereocenters. The molecule has 114 valence electrons. The predicted molar refractivity (Wildman–Crippen MR) is 84.7 cm³/mol. The minimum atomic E-state index is 0.0409. The summed E-state index contributed by atoms with van der Waals surface area (Å²) >= 11 is 0. The molecule has 0 amide bonds. The molecule has 0 saturated heterocycles. The summed E-state index contributed by atoms with van der Waals surface area (Å²) in [6.45, 7) is 13.2. The fourth-order valence-corrected chi connectivity index (χ4v) is 2.05. The molecule has 0 fully saturated rings. The van der Waals surface area contributed by atoms with Gasteiger partial charge in [0.2, 0.25) is 0 Å². The number of hydrogen-bond acceptors (Lipinski definition) is 3. The van der Waals surface area contributed by atoms with Crippen LogP contribution in [0.15, 0.2) is 18.2 Å². The summed E-state index contributed by atoms with van der Waals surface area (Å²) in [5.74, 6) is 0.943. The molecule has 1 aromatic carbocycles. The molecule has 0 radical (unpaired) electrons. The van der Waals surface area contributed by atoms with Crippen molar-refractivity contribution in [3.63, 3.8) is 0 Å². The van der Waals surface area contributed by atoms with Gasteiger partial charge in [0.15, 0.2) is 0 Å². The number of benzene rings is 1. The lowest BCUT2D eigenvalue weighted by Crippen LogP contribution is -2.35. The molecule has 0 spiro atoms. The van der Waals surface area contributed by atoms with Crippen LogP contribution >= 0.6 is 0 Å². The molecule has 0 bridgehead atoms. The lowest BCUT2D eigenvalue weighted by Gasteiger charge is -2.23. The van der Waals surface area contributed by atoms with E-state index in [-0.39, 0.29) is 11.5 Å². The average Bonchev–Trinajstić information content (AvgIpc) is 2.37. The molecule has 0 aliphatic carbocycles. The summed E-state index contributed by atoms with van der Waals surface area (Å²) in [5.41, 5.74) is 2.67. The van der Waals surface area contributed by atoms with Gasteiger partial charge in [-0.3, -0.25) is 0 Å². The molecule has 0 saturated carbocycles. The van der Waals surface area contributed by atoms with Crippen molar-refractivity contribution in [1.82, 2.24) is 5.32 Å². The van der Waals surface area contributed by atoms with Gasteiger partial charge in [0.1, 0.15) is 11.9 Å². The summed E-state index contributed by atoms with van der Waals surface area (Å²) in [6, 6.07) is 6.44. The van der Waals surface area contributed by atoms with Crippen LogP contribution < -0.4 is 10.1 Å². The molecule has 0 heterocycles. The van der Waals surface area contributed by atoms with E-state index in [1.165, 1.54) is 11.1 Å². The van der Waals surface area contributed by atoms with Crippen LogP contribution in [-0.4, -0.2) is 32.9 Å². The largest absolute Gasteiger partial charge is 0.486 e. The van der Waals surface area contributed by atoms with E-state index in [0.29, 0.717) is 6.61 Å². The predicted octanol–water partition coefficient (Wildman–Crippen LogP) is 3.30. The number of nitrogens with one attached hydrogen (secondary N) is 1. The van der Waals surface area contributed by atoms with Gasteiger partial charge in [0, 0.05) is 13.7 Å². The van der Waals surface area contributed by atoms with Crippen molar-refractivity contribution in [2.45, 2.75) is 46.1 Å². The third-order valence-electron chi connectivity index (χ3n) is 3.31. The molecule has 1 N–H and O–H groups in total. The maximum Gasteiger partial charge on any atom is 0.134 e. The van der Waals surface area contributed by atoms with Gasteiger partial charge in [-0.2, -0.15) is 0 Å². The number of ether oxygens (including phenoxy) is 2. The zero-order valence-electron chi connectivity index (χ0n) is 13.7. The Morgan fingerprint density at radius 3 is 2.45 bits per heavy atom. The Morgan fingerprint density at radius 2 is 1.95 bits per heavy atom. The quantitative estimate of drug-likeness (QED) is 0.830. The van der Waals surface area contributed by atoms with E-state index in [1.54, 1.807) is 7.11 Å². The molecule has 3 heteroatoms. The average molecular weight is 279 g/mol. The van der Waals surface area contributed by atoms with Crippen LogP contribution in [0.5, 0.6) is 5.75 Å². The van der Waals surface area contributed by atoms with Gasteiger partial charge in [0.25, 0.3) is 0 Å². The monoisotopic (exact) mass is 279 g/mol. The molecule has 20 heavy (non-hydrogen) atoms. The van der Waals surface area contributed by atoms with Crippen molar-refractivity contribution in [1.29, 1.82) is 0 Å². The number of likely N-dealkylation sites (N-methyl/N-ethyl adjacent to an activating group) is 1. The standard InChI is InChI=1S/C17H29NO2/c1-7-18-11-15(12-19-6)20-16-9-8-14(10-13(16)2)17(3,4)5/h8-10,15,18H,7,11-12H2,1-6H3. The Kier molecular flexibility index (Phi) is 6.50. The first-order valence-corrected chi connectivity index (χ1v) is 7.36. The van der Waals surface area contributed by atoms with Crippen molar-refractivity contribution in [3.8, 4) is 5.75 Å². The highest BCUT2D eigenvalue weighted by atomic mass is 16.5. The van der Waals surface area contributed by atoms with Gasteiger partial charge < -0.3 is 14.8 Å². The summed E-state index contributed by atoms with van der Waals surface area (Å²) in [7, 11) is 1.71. The van der Waals surface area contributed by atoms with Gasteiger partial charge in [0.05, 0.1) is 6.61 Å². The third kappa shape index (κ3) is 5.14. The summed E-state index contributed by atoms with van der Waals surface area (Å²) < 4.78 is 11.3.